The molecular weight excluding hydrogens is 288 g/mol. The van der Waals surface area contributed by atoms with E-state index in [-0.39, 0.29) is 11.1 Å². The van der Waals surface area contributed by atoms with Gasteiger partial charge >= 0.3 is 5.97 Å². The molecule has 2 aromatic rings. The summed E-state index contributed by atoms with van der Waals surface area (Å²) in [6, 6.07) is 4.16. The van der Waals surface area contributed by atoms with Crippen LogP contribution >= 0.6 is 15.9 Å². The summed E-state index contributed by atoms with van der Waals surface area (Å²) in [6.07, 6.45) is 4.33. The molecule has 0 saturated heterocycles. The van der Waals surface area contributed by atoms with Crippen LogP contribution in [0.4, 0.5) is 0 Å². The molecule has 17 heavy (non-hydrogen) atoms. The summed E-state index contributed by atoms with van der Waals surface area (Å²) in [6.45, 7) is 0. The first-order valence-corrected chi connectivity index (χ1v) is 5.44. The molecule has 86 valence electrons. The monoisotopic (exact) mass is 294 g/mol. The zero-order chi connectivity index (χ0) is 12.4. The number of carboxylic acid groups (broad SMARTS) is 1. The quantitative estimate of drug-likeness (QED) is 0.915. The van der Waals surface area contributed by atoms with Crippen molar-refractivity contribution in [3.05, 3.63) is 57.2 Å². The van der Waals surface area contributed by atoms with E-state index in [0.29, 0.717) is 10.2 Å². The number of rotatable bonds is 2. The van der Waals surface area contributed by atoms with Gasteiger partial charge in [-0.15, -0.1) is 0 Å². The van der Waals surface area contributed by atoms with E-state index in [9.17, 15) is 9.59 Å². The van der Waals surface area contributed by atoms with E-state index in [0.717, 1.165) is 0 Å². The van der Waals surface area contributed by atoms with Crippen molar-refractivity contribution in [3.8, 4) is 5.69 Å². The summed E-state index contributed by atoms with van der Waals surface area (Å²) in [5.41, 5.74) is 0.243. The van der Waals surface area contributed by atoms with Crippen LogP contribution in [-0.2, 0) is 0 Å². The van der Waals surface area contributed by atoms with E-state index in [1.165, 1.54) is 29.1 Å². The minimum absolute atomic E-state index is 0.0459. The van der Waals surface area contributed by atoms with Crippen molar-refractivity contribution >= 4 is 21.9 Å². The molecule has 0 spiro atoms. The molecule has 0 unspecified atom stereocenters. The summed E-state index contributed by atoms with van der Waals surface area (Å²) in [5.74, 6) is -1.08. The highest BCUT2D eigenvalue weighted by atomic mass is 79.9. The number of carboxylic acids is 1. The minimum Gasteiger partial charge on any atom is -0.478 e. The fourth-order valence-electron chi connectivity index (χ4n) is 1.35. The fourth-order valence-corrected chi connectivity index (χ4v) is 1.70. The Morgan fingerprint density at radius 2 is 2.12 bits per heavy atom. The van der Waals surface area contributed by atoms with Gasteiger partial charge in [-0.25, -0.2) is 4.79 Å². The van der Waals surface area contributed by atoms with Gasteiger partial charge in [0.2, 0.25) is 0 Å². The van der Waals surface area contributed by atoms with Crippen molar-refractivity contribution < 1.29 is 9.90 Å². The molecule has 0 amide bonds. The van der Waals surface area contributed by atoms with Crippen LogP contribution in [0, 0.1) is 0 Å². The third kappa shape index (κ3) is 2.42. The number of hydrogen-bond acceptors (Lipinski definition) is 3. The number of halogens is 1. The van der Waals surface area contributed by atoms with E-state index in [1.807, 2.05) is 0 Å². The molecule has 2 rings (SSSR count). The highest BCUT2D eigenvalue weighted by Gasteiger charge is 2.07. The summed E-state index contributed by atoms with van der Waals surface area (Å²) >= 11 is 3.24. The number of hydrogen-bond donors (Lipinski definition) is 1. The average Bonchev–Trinajstić information content (AvgIpc) is 2.29. The molecule has 0 bridgehead atoms. The molecule has 0 aromatic carbocycles. The first-order valence-electron chi connectivity index (χ1n) is 4.65. The lowest BCUT2D eigenvalue weighted by atomic mass is 10.3. The Hall–Kier alpha value is -1.95. The average molecular weight is 295 g/mol. The van der Waals surface area contributed by atoms with Gasteiger partial charge in [-0.3, -0.25) is 14.3 Å². The number of carbonyl (C=O) groups is 1. The van der Waals surface area contributed by atoms with Gasteiger partial charge in [0.15, 0.2) is 0 Å². The summed E-state index contributed by atoms with van der Waals surface area (Å²) in [7, 11) is 0. The van der Waals surface area contributed by atoms with Crippen LogP contribution < -0.4 is 5.56 Å². The van der Waals surface area contributed by atoms with Gasteiger partial charge in [0.25, 0.3) is 5.56 Å². The first kappa shape index (κ1) is 11.5. The summed E-state index contributed by atoms with van der Waals surface area (Å²) in [4.78, 5) is 26.4. The van der Waals surface area contributed by atoms with E-state index >= 15 is 0 Å². The van der Waals surface area contributed by atoms with Crippen molar-refractivity contribution in [1.29, 1.82) is 0 Å². The van der Waals surface area contributed by atoms with Crippen LogP contribution in [0.2, 0.25) is 0 Å². The third-order valence-electron chi connectivity index (χ3n) is 2.13. The maximum absolute atomic E-state index is 11.6. The van der Waals surface area contributed by atoms with E-state index in [1.54, 1.807) is 12.3 Å². The lowest BCUT2D eigenvalue weighted by Gasteiger charge is -2.06. The summed E-state index contributed by atoms with van der Waals surface area (Å²) < 4.78 is 1.95. The van der Waals surface area contributed by atoms with Gasteiger partial charge in [0.05, 0.1) is 17.4 Å². The molecule has 6 heteroatoms. The van der Waals surface area contributed by atoms with Gasteiger partial charge in [0, 0.05) is 22.9 Å². The Balaban J connectivity index is 2.62. The van der Waals surface area contributed by atoms with Crippen LogP contribution in [-0.4, -0.2) is 20.6 Å². The fraction of sp³-hybridized carbons (Fsp3) is 0. The second-order valence-corrected chi connectivity index (χ2v) is 4.21. The van der Waals surface area contributed by atoms with Gasteiger partial charge < -0.3 is 5.11 Å². The molecule has 2 heterocycles. The topological polar surface area (TPSA) is 72.2 Å². The number of aromatic carboxylic acids is 1. The molecule has 2 aromatic heterocycles. The van der Waals surface area contributed by atoms with Crippen molar-refractivity contribution in [2.75, 3.05) is 0 Å². The van der Waals surface area contributed by atoms with Crippen molar-refractivity contribution in [2.45, 2.75) is 0 Å². The maximum atomic E-state index is 11.6. The second-order valence-electron chi connectivity index (χ2n) is 3.29. The Kier molecular flexibility index (Phi) is 3.06. The van der Waals surface area contributed by atoms with Gasteiger partial charge in [-0.1, -0.05) is 0 Å². The molecular formula is C11H7BrN2O3. The van der Waals surface area contributed by atoms with Crippen LogP contribution in [0.25, 0.3) is 5.69 Å². The zero-order valence-electron chi connectivity index (χ0n) is 8.50. The second kappa shape index (κ2) is 4.50. The lowest BCUT2D eigenvalue weighted by Crippen LogP contribution is -2.18. The highest BCUT2D eigenvalue weighted by molar-refractivity contribution is 9.10. The minimum atomic E-state index is -1.08. The van der Waals surface area contributed by atoms with Crippen molar-refractivity contribution in [3.63, 3.8) is 0 Å². The lowest BCUT2D eigenvalue weighted by molar-refractivity contribution is 0.0696. The molecule has 1 N–H and O–H groups in total. The highest BCUT2D eigenvalue weighted by Crippen LogP contribution is 2.12. The molecule has 0 aliphatic heterocycles. The molecule has 5 nitrogen and oxygen atoms in total. The SMILES string of the molecule is O=C(O)c1ccc(=O)n(-c2cncc(Br)c2)c1. The molecule has 0 radical (unpaired) electrons. The van der Waals surface area contributed by atoms with Gasteiger partial charge in [-0.05, 0) is 28.1 Å². The normalized spacial score (nSPS) is 10.2. The third-order valence-corrected chi connectivity index (χ3v) is 2.56. The number of aromatic nitrogens is 2. The predicted octanol–water partition coefficient (Wildman–Crippen LogP) is 1.69. The predicted molar refractivity (Wildman–Crippen MR) is 64.5 cm³/mol. The van der Waals surface area contributed by atoms with E-state index in [4.69, 9.17) is 5.11 Å². The van der Waals surface area contributed by atoms with Crippen LogP contribution in [0.1, 0.15) is 10.4 Å². The van der Waals surface area contributed by atoms with Crippen LogP contribution in [0.15, 0.2) is 46.1 Å². The Labute approximate surface area is 104 Å². The summed E-state index contributed by atoms with van der Waals surface area (Å²) in [5, 5.41) is 8.86. The van der Waals surface area contributed by atoms with Crippen LogP contribution in [0.5, 0.6) is 0 Å². The van der Waals surface area contributed by atoms with Crippen molar-refractivity contribution in [1.82, 2.24) is 9.55 Å². The molecule has 0 aliphatic carbocycles. The smallest absolute Gasteiger partial charge is 0.337 e. The Morgan fingerprint density at radius 3 is 2.76 bits per heavy atom. The molecule has 0 fully saturated rings. The largest absolute Gasteiger partial charge is 0.478 e. The molecule has 0 atom stereocenters. The Bertz CT molecular complexity index is 637. The first-order chi connectivity index (χ1) is 8.08. The van der Waals surface area contributed by atoms with Crippen molar-refractivity contribution in [2.24, 2.45) is 0 Å². The zero-order valence-corrected chi connectivity index (χ0v) is 10.1. The number of pyridine rings is 2. The number of nitrogens with zero attached hydrogens (tertiary/aromatic N) is 2. The van der Waals surface area contributed by atoms with Crippen LogP contribution in [0.3, 0.4) is 0 Å². The van der Waals surface area contributed by atoms with E-state index in [2.05, 4.69) is 20.9 Å². The van der Waals surface area contributed by atoms with Gasteiger partial charge in [-0.2, -0.15) is 0 Å². The van der Waals surface area contributed by atoms with Gasteiger partial charge in [0.1, 0.15) is 0 Å². The molecule has 0 saturated carbocycles. The maximum Gasteiger partial charge on any atom is 0.337 e. The molecule has 0 aliphatic rings. The Morgan fingerprint density at radius 1 is 1.35 bits per heavy atom. The van der Waals surface area contributed by atoms with E-state index < -0.39 is 5.97 Å². The standard InChI is InChI=1S/C11H7BrN2O3/c12-8-3-9(5-13-4-8)14-6-7(11(16)17)1-2-10(14)15/h1-6H,(H,16,17).